The van der Waals surface area contributed by atoms with Crippen molar-refractivity contribution < 1.29 is 14.3 Å². The van der Waals surface area contributed by atoms with Crippen LogP contribution < -0.4 is 5.73 Å². The topological polar surface area (TPSA) is 72.6 Å². The van der Waals surface area contributed by atoms with Crippen LogP contribution in [0.4, 0.5) is 0 Å². The minimum atomic E-state index is -0.585. The van der Waals surface area contributed by atoms with Crippen LogP contribution in [-0.4, -0.2) is 41.2 Å². The van der Waals surface area contributed by atoms with Crippen LogP contribution in [-0.2, 0) is 20.9 Å². The van der Waals surface area contributed by atoms with Crippen LogP contribution in [0.1, 0.15) is 31.2 Å². The summed E-state index contributed by atoms with van der Waals surface area (Å²) in [5.41, 5.74) is 6.22. The standard InChI is InChI=1S/C18H24N2O3S/c19-16(21)15(11-24)20-12-18(17(20)22)8-6-14(7-9-18)23-10-13-4-2-1-3-5-13/h1-5,14-15,24H,6-12H2,(H2,19,21)/t14?,15-,18?/m0/s1. The highest BCUT2D eigenvalue weighted by Gasteiger charge is 2.55. The largest absolute Gasteiger partial charge is 0.374 e. The molecule has 1 spiro atoms. The average molecular weight is 348 g/mol. The number of carbonyl (C=O) groups is 2. The number of benzene rings is 1. The number of ether oxygens (including phenoxy) is 1. The van der Waals surface area contributed by atoms with E-state index in [1.807, 2.05) is 18.2 Å². The van der Waals surface area contributed by atoms with E-state index in [0.29, 0.717) is 13.2 Å². The Bertz CT molecular complexity index is 600. The number of hydrogen-bond donors (Lipinski definition) is 2. The molecule has 3 rings (SSSR count). The highest BCUT2D eigenvalue weighted by molar-refractivity contribution is 7.80. The number of primary amides is 1. The van der Waals surface area contributed by atoms with Gasteiger partial charge >= 0.3 is 0 Å². The van der Waals surface area contributed by atoms with E-state index in [1.165, 1.54) is 5.56 Å². The molecule has 2 N–H and O–H groups in total. The molecule has 1 aromatic carbocycles. The second-order valence-corrected chi connectivity index (χ2v) is 7.18. The van der Waals surface area contributed by atoms with Gasteiger partial charge in [-0.25, -0.2) is 0 Å². The first-order valence-electron chi connectivity index (χ1n) is 8.42. The SMILES string of the molecule is NC(=O)[C@H](CS)N1CC2(CCC(OCc3ccccc3)CC2)C1=O. The van der Waals surface area contributed by atoms with Gasteiger partial charge in [0.05, 0.1) is 18.1 Å². The summed E-state index contributed by atoms with van der Waals surface area (Å²) >= 11 is 4.14. The molecular weight excluding hydrogens is 324 g/mol. The third kappa shape index (κ3) is 3.30. The van der Waals surface area contributed by atoms with Crippen LogP contribution in [0.3, 0.4) is 0 Å². The van der Waals surface area contributed by atoms with Gasteiger partial charge in [-0.15, -0.1) is 0 Å². The van der Waals surface area contributed by atoms with Crippen molar-refractivity contribution in [2.75, 3.05) is 12.3 Å². The minimum Gasteiger partial charge on any atom is -0.374 e. The zero-order valence-corrected chi connectivity index (χ0v) is 14.6. The monoisotopic (exact) mass is 348 g/mol. The molecule has 1 saturated heterocycles. The molecule has 5 nitrogen and oxygen atoms in total. The number of amides is 2. The number of hydrogen-bond acceptors (Lipinski definition) is 4. The lowest BCUT2D eigenvalue weighted by Crippen LogP contribution is -2.68. The predicted molar refractivity (Wildman–Crippen MR) is 94.5 cm³/mol. The maximum atomic E-state index is 12.6. The Morgan fingerprint density at radius 2 is 2.00 bits per heavy atom. The predicted octanol–water partition coefficient (Wildman–Crippen LogP) is 1.76. The van der Waals surface area contributed by atoms with Gasteiger partial charge in [-0.3, -0.25) is 9.59 Å². The number of carbonyl (C=O) groups excluding carboxylic acids is 2. The Balaban J connectivity index is 1.49. The molecule has 1 atom stereocenters. The maximum absolute atomic E-state index is 12.6. The lowest BCUT2D eigenvalue weighted by atomic mass is 9.66. The van der Waals surface area contributed by atoms with Gasteiger partial charge in [0.2, 0.25) is 11.8 Å². The van der Waals surface area contributed by atoms with Crippen molar-refractivity contribution in [1.29, 1.82) is 0 Å². The third-order valence-corrected chi connectivity index (χ3v) is 5.63. The maximum Gasteiger partial charge on any atom is 0.241 e. The quantitative estimate of drug-likeness (QED) is 0.608. The Morgan fingerprint density at radius 1 is 1.33 bits per heavy atom. The van der Waals surface area contributed by atoms with E-state index in [-0.39, 0.29) is 23.2 Å². The van der Waals surface area contributed by atoms with Crippen LogP contribution in [0.25, 0.3) is 0 Å². The molecule has 2 fully saturated rings. The smallest absolute Gasteiger partial charge is 0.241 e. The number of nitrogens with two attached hydrogens (primary N) is 1. The number of rotatable bonds is 6. The van der Waals surface area contributed by atoms with Crippen LogP contribution >= 0.6 is 12.6 Å². The number of thiol groups is 1. The van der Waals surface area contributed by atoms with E-state index in [0.717, 1.165) is 25.7 Å². The minimum absolute atomic E-state index is 0.0573. The normalized spacial score (nSPS) is 27.8. The zero-order valence-electron chi connectivity index (χ0n) is 13.7. The third-order valence-electron chi connectivity index (χ3n) is 5.28. The zero-order chi connectivity index (χ0) is 17.2. The van der Waals surface area contributed by atoms with Gasteiger partial charge in [-0.1, -0.05) is 30.3 Å². The molecule has 24 heavy (non-hydrogen) atoms. The van der Waals surface area contributed by atoms with Crippen LogP contribution in [0.2, 0.25) is 0 Å². The first-order valence-corrected chi connectivity index (χ1v) is 9.06. The highest BCUT2D eigenvalue weighted by Crippen LogP contribution is 2.46. The summed E-state index contributed by atoms with van der Waals surface area (Å²) in [6.45, 7) is 1.23. The first-order chi connectivity index (χ1) is 11.6. The number of nitrogens with zero attached hydrogens (tertiary/aromatic N) is 1. The molecule has 6 heteroatoms. The molecule has 1 aromatic rings. The molecule has 1 saturated carbocycles. The van der Waals surface area contributed by atoms with Gasteiger partial charge in [-0.2, -0.15) is 12.6 Å². The van der Waals surface area contributed by atoms with E-state index in [4.69, 9.17) is 10.5 Å². The summed E-state index contributed by atoms with van der Waals surface area (Å²) < 4.78 is 5.99. The van der Waals surface area contributed by atoms with Crippen LogP contribution in [0, 0.1) is 5.41 Å². The Morgan fingerprint density at radius 3 is 2.54 bits per heavy atom. The van der Waals surface area contributed by atoms with E-state index >= 15 is 0 Å². The van der Waals surface area contributed by atoms with Gasteiger partial charge in [0.25, 0.3) is 0 Å². The fourth-order valence-electron chi connectivity index (χ4n) is 3.74. The van der Waals surface area contributed by atoms with Crippen molar-refractivity contribution in [2.45, 2.75) is 44.4 Å². The summed E-state index contributed by atoms with van der Waals surface area (Å²) in [4.78, 5) is 25.6. The van der Waals surface area contributed by atoms with Crippen molar-refractivity contribution in [1.82, 2.24) is 4.90 Å². The van der Waals surface area contributed by atoms with Crippen molar-refractivity contribution in [3.8, 4) is 0 Å². The molecule has 0 bridgehead atoms. The molecule has 0 unspecified atom stereocenters. The van der Waals surface area contributed by atoms with Gasteiger partial charge in [-0.05, 0) is 31.2 Å². The van der Waals surface area contributed by atoms with E-state index < -0.39 is 11.9 Å². The van der Waals surface area contributed by atoms with Crippen LogP contribution in [0.5, 0.6) is 0 Å². The van der Waals surface area contributed by atoms with Crippen molar-refractivity contribution in [2.24, 2.45) is 11.1 Å². The van der Waals surface area contributed by atoms with Crippen molar-refractivity contribution in [3.05, 3.63) is 35.9 Å². The Kier molecular flexibility index (Phi) is 5.15. The second-order valence-electron chi connectivity index (χ2n) is 6.81. The molecule has 1 heterocycles. The Labute approximate surface area is 147 Å². The lowest BCUT2D eigenvalue weighted by molar-refractivity contribution is -0.172. The molecule has 2 aliphatic rings. The molecular formula is C18H24N2O3S. The van der Waals surface area contributed by atoms with Gasteiger partial charge in [0, 0.05) is 12.3 Å². The molecule has 1 aliphatic heterocycles. The van der Waals surface area contributed by atoms with E-state index in [9.17, 15) is 9.59 Å². The number of β-lactam (4-membered cyclic amide) rings is 1. The van der Waals surface area contributed by atoms with Crippen LogP contribution in [0.15, 0.2) is 30.3 Å². The van der Waals surface area contributed by atoms with E-state index in [2.05, 4.69) is 24.8 Å². The molecule has 1 aliphatic carbocycles. The second kappa shape index (κ2) is 7.15. The lowest BCUT2D eigenvalue weighted by Gasteiger charge is -2.53. The first kappa shape index (κ1) is 17.3. The summed E-state index contributed by atoms with van der Waals surface area (Å²) in [7, 11) is 0. The van der Waals surface area contributed by atoms with Gasteiger partial charge in [0.15, 0.2) is 0 Å². The fourth-order valence-corrected chi connectivity index (χ4v) is 4.12. The summed E-state index contributed by atoms with van der Waals surface area (Å²) in [5.74, 6) is -0.144. The van der Waals surface area contributed by atoms with E-state index in [1.54, 1.807) is 4.90 Å². The fraction of sp³-hybridized carbons (Fsp3) is 0.556. The van der Waals surface area contributed by atoms with Crippen molar-refractivity contribution in [3.63, 3.8) is 0 Å². The molecule has 130 valence electrons. The average Bonchev–Trinajstić information content (AvgIpc) is 2.61. The summed E-state index contributed by atoms with van der Waals surface area (Å²) in [5, 5.41) is 0. The summed E-state index contributed by atoms with van der Waals surface area (Å²) in [6.07, 6.45) is 3.61. The Hall–Kier alpha value is -1.53. The van der Waals surface area contributed by atoms with Gasteiger partial charge in [0.1, 0.15) is 6.04 Å². The van der Waals surface area contributed by atoms with Gasteiger partial charge < -0.3 is 15.4 Å². The molecule has 0 radical (unpaired) electrons. The number of likely N-dealkylation sites (tertiary alicyclic amines) is 1. The summed E-state index contributed by atoms with van der Waals surface area (Å²) in [6, 6.07) is 9.53. The van der Waals surface area contributed by atoms with Crippen molar-refractivity contribution >= 4 is 24.4 Å². The highest BCUT2D eigenvalue weighted by atomic mass is 32.1. The molecule has 2 amide bonds. The molecule has 0 aromatic heterocycles.